The first-order valence-electron chi connectivity index (χ1n) is 5.06. The van der Waals surface area contributed by atoms with Gasteiger partial charge in [0.25, 0.3) is 0 Å². The molecule has 1 unspecified atom stereocenters. The van der Waals surface area contributed by atoms with Crippen LogP contribution in [0.1, 0.15) is 17.1 Å². The zero-order valence-corrected chi connectivity index (χ0v) is 10.3. The van der Waals surface area contributed by atoms with Gasteiger partial charge in [-0.3, -0.25) is 4.79 Å². The molecule has 0 aliphatic heterocycles. The van der Waals surface area contributed by atoms with Crippen LogP contribution in [-0.4, -0.2) is 30.6 Å². The summed E-state index contributed by atoms with van der Waals surface area (Å²) >= 11 is 1.56. The Morgan fingerprint density at radius 1 is 1.75 bits per heavy atom. The molecule has 0 radical (unpaired) electrons. The van der Waals surface area contributed by atoms with Gasteiger partial charge in [0.05, 0.1) is 23.3 Å². The molecule has 1 amide bonds. The minimum atomic E-state index is -0.514. The highest BCUT2D eigenvalue weighted by atomic mass is 32.1. The van der Waals surface area contributed by atoms with E-state index in [0.717, 1.165) is 10.7 Å². The Morgan fingerprint density at radius 3 is 3.06 bits per heavy atom. The fourth-order valence-corrected chi connectivity index (χ4v) is 1.79. The third kappa shape index (κ3) is 4.26. The van der Waals surface area contributed by atoms with Gasteiger partial charge in [-0.1, -0.05) is 0 Å². The third-order valence-corrected chi connectivity index (χ3v) is 2.90. The molecular weight excluding hydrogens is 226 g/mol. The van der Waals surface area contributed by atoms with E-state index >= 15 is 0 Å². The van der Waals surface area contributed by atoms with Crippen LogP contribution in [-0.2, 0) is 16.1 Å². The van der Waals surface area contributed by atoms with Crippen molar-refractivity contribution in [2.45, 2.75) is 25.9 Å². The third-order valence-electron chi connectivity index (χ3n) is 2.08. The van der Waals surface area contributed by atoms with Crippen molar-refractivity contribution in [1.82, 2.24) is 10.3 Å². The number of rotatable bonds is 6. The zero-order valence-electron chi connectivity index (χ0n) is 9.53. The standard InChI is InChI=1S/C10H17N3O2S/c1-7-13-8(6-16-7)5-12-10(14)9(11)3-4-15-2/h6,9H,3-5,11H2,1-2H3,(H,12,14). The van der Waals surface area contributed by atoms with E-state index in [1.54, 1.807) is 18.4 Å². The average molecular weight is 243 g/mol. The normalized spacial score (nSPS) is 12.4. The number of nitrogens with zero attached hydrogens (tertiary/aromatic N) is 1. The van der Waals surface area contributed by atoms with E-state index < -0.39 is 6.04 Å². The lowest BCUT2D eigenvalue weighted by Gasteiger charge is -2.10. The molecular formula is C10H17N3O2S. The van der Waals surface area contributed by atoms with Crippen molar-refractivity contribution < 1.29 is 9.53 Å². The summed E-state index contributed by atoms with van der Waals surface area (Å²) in [6.07, 6.45) is 0.526. The number of carbonyl (C=O) groups excluding carboxylic acids is 1. The van der Waals surface area contributed by atoms with Crippen molar-refractivity contribution in [3.8, 4) is 0 Å². The lowest BCUT2D eigenvalue weighted by molar-refractivity contribution is -0.122. The molecule has 0 aliphatic rings. The molecule has 1 heterocycles. The highest BCUT2D eigenvalue weighted by molar-refractivity contribution is 7.09. The van der Waals surface area contributed by atoms with Crippen LogP contribution in [0.4, 0.5) is 0 Å². The number of amides is 1. The largest absolute Gasteiger partial charge is 0.385 e. The minimum Gasteiger partial charge on any atom is -0.385 e. The quantitative estimate of drug-likeness (QED) is 0.759. The van der Waals surface area contributed by atoms with Gasteiger partial charge < -0.3 is 15.8 Å². The number of nitrogens with two attached hydrogens (primary N) is 1. The molecule has 0 aromatic carbocycles. The van der Waals surface area contributed by atoms with Crippen molar-refractivity contribution in [3.63, 3.8) is 0 Å². The van der Waals surface area contributed by atoms with Gasteiger partial charge >= 0.3 is 0 Å². The maximum atomic E-state index is 11.5. The predicted octanol–water partition coefficient (Wildman–Crippen LogP) is 0.432. The molecule has 5 nitrogen and oxygen atoms in total. The fraction of sp³-hybridized carbons (Fsp3) is 0.600. The van der Waals surface area contributed by atoms with E-state index in [2.05, 4.69) is 10.3 Å². The van der Waals surface area contributed by atoms with E-state index in [1.807, 2.05) is 12.3 Å². The maximum Gasteiger partial charge on any atom is 0.237 e. The first-order valence-corrected chi connectivity index (χ1v) is 5.94. The average Bonchev–Trinajstić information content (AvgIpc) is 2.68. The van der Waals surface area contributed by atoms with Crippen LogP contribution < -0.4 is 11.1 Å². The summed E-state index contributed by atoms with van der Waals surface area (Å²) in [5, 5.41) is 5.67. The molecule has 0 bridgehead atoms. The van der Waals surface area contributed by atoms with Gasteiger partial charge in [-0.25, -0.2) is 4.98 Å². The summed E-state index contributed by atoms with van der Waals surface area (Å²) in [4.78, 5) is 15.8. The van der Waals surface area contributed by atoms with Crippen LogP contribution in [0.15, 0.2) is 5.38 Å². The lowest BCUT2D eigenvalue weighted by atomic mass is 10.2. The zero-order chi connectivity index (χ0) is 12.0. The molecule has 6 heteroatoms. The Balaban J connectivity index is 2.29. The molecule has 0 spiro atoms. The van der Waals surface area contributed by atoms with Crippen molar-refractivity contribution in [3.05, 3.63) is 16.1 Å². The topological polar surface area (TPSA) is 77.2 Å². The molecule has 3 N–H and O–H groups in total. The summed E-state index contributed by atoms with van der Waals surface area (Å²) in [6.45, 7) is 2.86. The van der Waals surface area contributed by atoms with Crippen LogP contribution in [0.3, 0.4) is 0 Å². The molecule has 16 heavy (non-hydrogen) atoms. The molecule has 1 atom stereocenters. The number of aryl methyl sites for hydroxylation is 1. The minimum absolute atomic E-state index is 0.164. The number of thiazole rings is 1. The second-order valence-electron chi connectivity index (χ2n) is 3.46. The Kier molecular flexibility index (Phi) is 5.37. The number of hydrogen-bond acceptors (Lipinski definition) is 5. The highest BCUT2D eigenvalue weighted by Crippen LogP contribution is 2.07. The number of nitrogens with one attached hydrogen (secondary N) is 1. The molecule has 1 aromatic heterocycles. The molecule has 0 fully saturated rings. The molecule has 1 rings (SSSR count). The van der Waals surface area contributed by atoms with Crippen LogP contribution in [0.25, 0.3) is 0 Å². The molecule has 1 aromatic rings. The van der Waals surface area contributed by atoms with E-state index in [1.165, 1.54) is 0 Å². The summed E-state index contributed by atoms with van der Waals surface area (Å²) in [5.41, 5.74) is 6.53. The van der Waals surface area contributed by atoms with Gasteiger partial charge in [0.2, 0.25) is 5.91 Å². The fourth-order valence-electron chi connectivity index (χ4n) is 1.17. The first kappa shape index (κ1) is 13.1. The Bertz CT molecular complexity index is 341. The van der Waals surface area contributed by atoms with Crippen molar-refractivity contribution in [1.29, 1.82) is 0 Å². The molecule has 0 saturated carbocycles. The van der Waals surface area contributed by atoms with Gasteiger partial charge in [-0.2, -0.15) is 0 Å². The smallest absolute Gasteiger partial charge is 0.237 e. The van der Waals surface area contributed by atoms with Gasteiger partial charge in [0.15, 0.2) is 0 Å². The maximum absolute atomic E-state index is 11.5. The van der Waals surface area contributed by atoms with Crippen molar-refractivity contribution in [2.24, 2.45) is 5.73 Å². The van der Waals surface area contributed by atoms with Crippen LogP contribution in [0.5, 0.6) is 0 Å². The number of methoxy groups -OCH3 is 1. The Hall–Kier alpha value is -0.980. The van der Waals surface area contributed by atoms with Gasteiger partial charge in [0, 0.05) is 19.1 Å². The molecule has 0 saturated heterocycles. The van der Waals surface area contributed by atoms with Crippen LogP contribution in [0.2, 0.25) is 0 Å². The lowest BCUT2D eigenvalue weighted by Crippen LogP contribution is -2.40. The molecule has 90 valence electrons. The Morgan fingerprint density at radius 2 is 2.50 bits per heavy atom. The highest BCUT2D eigenvalue weighted by Gasteiger charge is 2.12. The van der Waals surface area contributed by atoms with E-state index in [9.17, 15) is 4.79 Å². The van der Waals surface area contributed by atoms with E-state index in [4.69, 9.17) is 10.5 Å². The first-order chi connectivity index (χ1) is 7.63. The predicted molar refractivity (Wildman–Crippen MR) is 63.2 cm³/mol. The van der Waals surface area contributed by atoms with Crippen LogP contribution in [0, 0.1) is 6.92 Å². The van der Waals surface area contributed by atoms with Crippen molar-refractivity contribution >= 4 is 17.2 Å². The summed E-state index contributed by atoms with van der Waals surface area (Å²) in [5.74, 6) is -0.164. The summed E-state index contributed by atoms with van der Waals surface area (Å²) < 4.78 is 4.86. The van der Waals surface area contributed by atoms with E-state index in [-0.39, 0.29) is 5.91 Å². The van der Waals surface area contributed by atoms with E-state index in [0.29, 0.717) is 19.6 Å². The van der Waals surface area contributed by atoms with Gasteiger partial charge in [-0.15, -0.1) is 11.3 Å². The number of hydrogen-bond donors (Lipinski definition) is 2. The number of carbonyl (C=O) groups is 1. The van der Waals surface area contributed by atoms with Gasteiger partial charge in [-0.05, 0) is 13.3 Å². The summed E-state index contributed by atoms with van der Waals surface area (Å²) in [6, 6.07) is -0.514. The monoisotopic (exact) mass is 243 g/mol. The second kappa shape index (κ2) is 6.57. The SMILES string of the molecule is COCCC(N)C(=O)NCc1csc(C)n1. The van der Waals surface area contributed by atoms with Crippen molar-refractivity contribution in [2.75, 3.05) is 13.7 Å². The summed E-state index contributed by atoms with van der Waals surface area (Å²) in [7, 11) is 1.59. The van der Waals surface area contributed by atoms with Gasteiger partial charge in [0.1, 0.15) is 0 Å². The second-order valence-corrected chi connectivity index (χ2v) is 4.53. The number of aromatic nitrogens is 1. The number of ether oxygens (including phenoxy) is 1. The molecule has 0 aliphatic carbocycles. The Labute approximate surface area is 99.0 Å². The van der Waals surface area contributed by atoms with Crippen LogP contribution >= 0.6 is 11.3 Å².